The predicted octanol–water partition coefficient (Wildman–Crippen LogP) is 1.96. The van der Waals surface area contributed by atoms with Gasteiger partial charge in [0.25, 0.3) is 0 Å². The number of nitrogens with two attached hydrogens (primary N) is 1. The van der Waals surface area contributed by atoms with Crippen LogP contribution in [0.15, 0.2) is 29.4 Å². The number of benzene rings is 1. The third-order valence-corrected chi connectivity index (χ3v) is 2.41. The summed E-state index contributed by atoms with van der Waals surface area (Å²) in [5.41, 5.74) is 6.64. The zero-order chi connectivity index (χ0) is 13.8. The van der Waals surface area contributed by atoms with Crippen molar-refractivity contribution in [2.24, 2.45) is 16.3 Å². The highest BCUT2D eigenvalue weighted by molar-refractivity contribution is 5.94. The third kappa shape index (κ3) is 4.08. The number of carbonyl (C=O) groups excluding carboxylic acids is 1. The molecule has 1 amide bonds. The van der Waals surface area contributed by atoms with Crippen LogP contribution in [0.25, 0.3) is 0 Å². The molecule has 98 valence electrons. The van der Waals surface area contributed by atoms with Gasteiger partial charge in [-0.15, -0.1) is 0 Å². The molecule has 0 atom stereocenters. The van der Waals surface area contributed by atoms with Crippen molar-refractivity contribution in [1.82, 2.24) is 0 Å². The molecule has 4 N–H and O–H groups in total. The van der Waals surface area contributed by atoms with Gasteiger partial charge in [0.1, 0.15) is 5.84 Å². The minimum absolute atomic E-state index is 0.0355. The summed E-state index contributed by atoms with van der Waals surface area (Å²) in [5.74, 6) is 0.119. The molecule has 0 aromatic heterocycles. The number of rotatable bonds is 3. The van der Waals surface area contributed by atoms with Crippen LogP contribution in [0.5, 0.6) is 0 Å². The fraction of sp³-hybridized carbons (Fsp3) is 0.385. The number of anilines is 1. The molecule has 5 heteroatoms. The zero-order valence-electron chi connectivity index (χ0n) is 10.9. The Morgan fingerprint density at radius 2 is 1.89 bits per heavy atom. The number of oxime groups is 1. The number of nitrogens with one attached hydrogen (secondary N) is 1. The van der Waals surface area contributed by atoms with Gasteiger partial charge in [-0.05, 0) is 17.7 Å². The first-order chi connectivity index (χ1) is 8.32. The summed E-state index contributed by atoms with van der Waals surface area (Å²) < 4.78 is 0. The SMILES string of the molecule is CC(C)(C)C(=O)Nc1ccc(CC(N)=NO)cc1. The molecule has 1 rings (SSSR count). The van der Waals surface area contributed by atoms with E-state index >= 15 is 0 Å². The van der Waals surface area contributed by atoms with Gasteiger partial charge in [-0.1, -0.05) is 38.1 Å². The smallest absolute Gasteiger partial charge is 0.229 e. The second kappa shape index (κ2) is 5.53. The topological polar surface area (TPSA) is 87.7 Å². The molecule has 0 unspecified atom stereocenters. The van der Waals surface area contributed by atoms with E-state index < -0.39 is 5.41 Å². The molecule has 0 aliphatic heterocycles. The van der Waals surface area contributed by atoms with Crippen LogP contribution in [0.4, 0.5) is 5.69 Å². The fourth-order valence-electron chi connectivity index (χ4n) is 1.27. The minimum atomic E-state index is -0.424. The summed E-state index contributed by atoms with van der Waals surface area (Å²) in [6.07, 6.45) is 0.379. The Morgan fingerprint density at radius 1 is 1.33 bits per heavy atom. The molecule has 1 aromatic rings. The summed E-state index contributed by atoms with van der Waals surface area (Å²) >= 11 is 0. The van der Waals surface area contributed by atoms with Crippen molar-refractivity contribution in [3.05, 3.63) is 29.8 Å². The van der Waals surface area contributed by atoms with E-state index in [1.54, 1.807) is 12.1 Å². The highest BCUT2D eigenvalue weighted by atomic mass is 16.4. The molecule has 1 aromatic carbocycles. The molecule has 0 aliphatic carbocycles. The Kier molecular flexibility index (Phi) is 4.31. The summed E-state index contributed by atoms with van der Waals surface area (Å²) in [6.45, 7) is 5.57. The molecule has 0 heterocycles. The number of nitrogens with zero attached hydrogens (tertiary/aromatic N) is 1. The Bertz CT molecular complexity index is 444. The molecule has 18 heavy (non-hydrogen) atoms. The van der Waals surface area contributed by atoms with Crippen LogP contribution in [-0.2, 0) is 11.2 Å². The van der Waals surface area contributed by atoms with E-state index in [0.717, 1.165) is 11.3 Å². The van der Waals surface area contributed by atoms with Gasteiger partial charge in [0.15, 0.2) is 0 Å². The second-order valence-electron chi connectivity index (χ2n) is 5.17. The monoisotopic (exact) mass is 249 g/mol. The molecular weight excluding hydrogens is 230 g/mol. The summed E-state index contributed by atoms with van der Waals surface area (Å²) in [5, 5.41) is 14.2. The summed E-state index contributed by atoms with van der Waals surface area (Å²) in [4.78, 5) is 11.8. The van der Waals surface area contributed by atoms with Gasteiger partial charge in [0.05, 0.1) is 0 Å². The lowest BCUT2D eigenvalue weighted by Gasteiger charge is -2.17. The van der Waals surface area contributed by atoms with Gasteiger partial charge in [0, 0.05) is 17.5 Å². The van der Waals surface area contributed by atoms with E-state index in [-0.39, 0.29) is 11.7 Å². The van der Waals surface area contributed by atoms with Gasteiger partial charge in [-0.2, -0.15) is 0 Å². The molecular formula is C13H19N3O2. The highest BCUT2D eigenvalue weighted by Gasteiger charge is 2.20. The molecule has 0 spiro atoms. The lowest BCUT2D eigenvalue weighted by atomic mass is 9.95. The number of amides is 1. The quantitative estimate of drug-likeness (QED) is 0.331. The van der Waals surface area contributed by atoms with Crippen molar-refractivity contribution < 1.29 is 10.0 Å². The van der Waals surface area contributed by atoms with E-state index in [0.29, 0.717) is 6.42 Å². The maximum atomic E-state index is 11.8. The van der Waals surface area contributed by atoms with E-state index in [2.05, 4.69) is 10.5 Å². The van der Waals surface area contributed by atoms with Crippen molar-refractivity contribution in [3.63, 3.8) is 0 Å². The van der Waals surface area contributed by atoms with Crippen LogP contribution >= 0.6 is 0 Å². The minimum Gasteiger partial charge on any atom is -0.409 e. The number of hydrogen-bond acceptors (Lipinski definition) is 3. The van der Waals surface area contributed by atoms with Gasteiger partial charge in [-0.25, -0.2) is 0 Å². The lowest BCUT2D eigenvalue weighted by molar-refractivity contribution is -0.123. The van der Waals surface area contributed by atoms with Crippen molar-refractivity contribution in [2.75, 3.05) is 5.32 Å². The number of hydrogen-bond donors (Lipinski definition) is 3. The molecule has 0 saturated heterocycles. The molecule has 0 radical (unpaired) electrons. The largest absolute Gasteiger partial charge is 0.409 e. The van der Waals surface area contributed by atoms with Crippen molar-refractivity contribution >= 4 is 17.4 Å². The Labute approximate surface area is 107 Å². The summed E-state index contributed by atoms with van der Waals surface area (Å²) in [7, 11) is 0. The van der Waals surface area contributed by atoms with Gasteiger partial charge in [-0.3, -0.25) is 4.79 Å². The van der Waals surface area contributed by atoms with Gasteiger partial charge in [0.2, 0.25) is 5.91 Å². The maximum absolute atomic E-state index is 11.8. The average molecular weight is 249 g/mol. The van der Waals surface area contributed by atoms with Crippen LogP contribution in [0.1, 0.15) is 26.3 Å². The molecule has 0 saturated carbocycles. The summed E-state index contributed by atoms with van der Waals surface area (Å²) in [6, 6.07) is 7.25. The maximum Gasteiger partial charge on any atom is 0.229 e. The van der Waals surface area contributed by atoms with E-state index in [1.807, 2.05) is 32.9 Å². The van der Waals surface area contributed by atoms with E-state index in [1.165, 1.54) is 0 Å². The van der Waals surface area contributed by atoms with Crippen LogP contribution in [0.2, 0.25) is 0 Å². The number of carbonyl (C=O) groups is 1. The van der Waals surface area contributed by atoms with Crippen molar-refractivity contribution in [1.29, 1.82) is 0 Å². The number of amidine groups is 1. The lowest BCUT2D eigenvalue weighted by Crippen LogP contribution is -2.27. The zero-order valence-corrected chi connectivity index (χ0v) is 10.9. The molecule has 0 aliphatic rings. The van der Waals surface area contributed by atoms with Crippen molar-refractivity contribution in [2.45, 2.75) is 27.2 Å². The van der Waals surface area contributed by atoms with E-state index in [9.17, 15) is 4.79 Å². The van der Waals surface area contributed by atoms with Gasteiger partial charge >= 0.3 is 0 Å². The fourth-order valence-corrected chi connectivity index (χ4v) is 1.27. The average Bonchev–Trinajstić information content (AvgIpc) is 2.30. The Balaban J connectivity index is 2.69. The van der Waals surface area contributed by atoms with Crippen LogP contribution in [0, 0.1) is 5.41 Å². The Hall–Kier alpha value is -2.04. The first kappa shape index (κ1) is 14.0. The molecule has 0 bridgehead atoms. The first-order valence-electron chi connectivity index (χ1n) is 5.69. The second-order valence-corrected chi connectivity index (χ2v) is 5.17. The predicted molar refractivity (Wildman–Crippen MR) is 71.6 cm³/mol. The Morgan fingerprint density at radius 3 is 2.33 bits per heavy atom. The van der Waals surface area contributed by atoms with Gasteiger partial charge < -0.3 is 16.3 Å². The van der Waals surface area contributed by atoms with Crippen molar-refractivity contribution in [3.8, 4) is 0 Å². The molecule has 0 fully saturated rings. The van der Waals surface area contributed by atoms with Crippen LogP contribution in [0.3, 0.4) is 0 Å². The first-order valence-corrected chi connectivity index (χ1v) is 5.69. The van der Waals surface area contributed by atoms with Crippen LogP contribution in [-0.4, -0.2) is 17.0 Å². The standard InChI is InChI=1S/C13H19N3O2/c1-13(2,3)12(17)15-10-6-4-9(5-7-10)8-11(14)16-18/h4-7,18H,8H2,1-3H3,(H2,14,16)(H,15,17). The van der Waals surface area contributed by atoms with Crippen LogP contribution < -0.4 is 11.1 Å². The third-order valence-electron chi connectivity index (χ3n) is 2.41. The normalized spacial score (nSPS) is 12.3. The van der Waals surface area contributed by atoms with E-state index in [4.69, 9.17) is 10.9 Å². The molecule has 5 nitrogen and oxygen atoms in total. The highest BCUT2D eigenvalue weighted by Crippen LogP contribution is 2.17.